The van der Waals surface area contributed by atoms with E-state index in [9.17, 15) is 33.6 Å². The van der Waals surface area contributed by atoms with Gasteiger partial charge in [0.2, 0.25) is 11.9 Å². The molecule has 1 aliphatic rings. The molecule has 1 unspecified atom stereocenters. The molecular weight excluding hydrogens is 1070 g/mol. The number of ether oxygens (including phenoxy) is 8. The van der Waals surface area contributed by atoms with Crippen molar-refractivity contribution in [1.82, 2.24) is 30.7 Å². The normalized spacial score (nSPS) is 14.4. The molecule has 0 aromatic heterocycles. The van der Waals surface area contributed by atoms with Crippen LogP contribution in [0.3, 0.4) is 0 Å². The fraction of sp³-hybridized carbons (Fsp3) is 0.729. The summed E-state index contributed by atoms with van der Waals surface area (Å²) in [6.07, 6.45) is -0.999. The number of carbonyl (C=O) groups is 7. The number of rotatable bonds is 17. The van der Waals surface area contributed by atoms with Gasteiger partial charge in [0.25, 0.3) is 0 Å². The molecule has 1 atom stereocenters. The molecule has 83 heavy (non-hydrogen) atoms. The summed E-state index contributed by atoms with van der Waals surface area (Å²) in [5, 5.41) is 7.76. The van der Waals surface area contributed by atoms with E-state index in [4.69, 9.17) is 37.9 Å². The summed E-state index contributed by atoms with van der Waals surface area (Å²) in [6, 6.07) is 6.46. The van der Waals surface area contributed by atoms with Gasteiger partial charge in [-0.15, -0.1) is 4.99 Å². The predicted octanol–water partition coefficient (Wildman–Crippen LogP) is 12.2. The predicted molar refractivity (Wildman–Crippen MR) is 317 cm³/mol. The van der Waals surface area contributed by atoms with Crippen molar-refractivity contribution in [3.8, 4) is 5.75 Å². The van der Waals surface area contributed by atoms with E-state index in [0.717, 1.165) is 24.2 Å². The van der Waals surface area contributed by atoms with Crippen LogP contribution in [-0.2, 0) is 33.2 Å². The van der Waals surface area contributed by atoms with Crippen molar-refractivity contribution >= 4 is 60.4 Å². The molecule has 1 aromatic rings. The van der Waals surface area contributed by atoms with E-state index < -0.39 is 87.9 Å². The molecule has 470 valence electrons. The van der Waals surface area contributed by atoms with Gasteiger partial charge < -0.3 is 43.2 Å². The zero-order valence-corrected chi connectivity index (χ0v) is 53.6. The van der Waals surface area contributed by atoms with Crippen molar-refractivity contribution in [2.45, 2.75) is 242 Å². The van der Waals surface area contributed by atoms with Gasteiger partial charge in [-0.1, -0.05) is 25.7 Å². The minimum absolute atomic E-state index is 0.000775. The van der Waals surface area contributed by atoms with Gasteiger partial charge in [0.1, 0.15) is 50.8 Å². The average Bonchev–Trinajstić information content (AvgIpc) is 3.50. The molecule has 24 heteroatoms. The molecule has 0 fully saturated rings. The van der Waals surface area contributed by atoms with Gasteiger partial charge in [-0.25, -0.2) is 43.4 Å². The topological polar surface area (TPSA) is 276 Å². The van der Waals surface area contributed by atoms with Crippen LogP contribution in [0.4, 0.5) is 33.6 Å². The Balaban J connectivity index is 2.33. The Labute approximate surface area is 492 Å². The second-order valence-electron chi connectivity index (χ2n) is 26.9. The quantitative estimate of drug-likeness (QED) is 0.0566. The zero-order chi connectivity index (χ0) is 63.4. The number of hydrogen-bond acceptors (Lipinski definition) is 17. The lowest BCUT2D eigenvalue weighted by molar-refractivity contribution is 0.0266. The second kappa shape index (κ2) is 31.1. The van der Waals surface area contributed by atoms with Gasteiger partial charge >= 0.3 is 42.7 Å². The van der Waals surface area contributed by atoms with Crippen LogP contribution in [0, 0.1) is 0 Å². The average molecular weight is 1170 g/mol. The first-order valence-electron chi connectivity index (χ1n) is 28.5. The zero-order valence-electron chi connectivity index (χ0n) is 53.6. The fourth-order valence-corrected chi connectivity index (χ4v) is 7.20. The lowest BCUT2D eigenvalue weighted by atomic mass is 10.1. The van der Waals surface area contributed by atoms with Crippen molar-refractivity contribution in [1.29, 1.82) is 0 Å². The molecule has 1 heterocycles. The molecule has 0 saturated heterocycles. The van der Waals surface area contributed by atoms with Crippen LogP contribution in [-0.4, -0.2) is 160 Å². The van der Waals surface area contributed by atoms with Crippen LogP contribution in [0.1, 0.15) is 202 Å². The van der Waals surface area contributed by atoms with Crippen LogP contribution in [0.2, 0.25) is 0 Å². The number of benzene rings is 1. The lowest BCUT2D eigenvalue weighted by Gasteiger charge is -2.34. The Kier molecular flexibility index (Phi) is 27.1. The van der Waals surface area contributed by atoms with E-state index >= 15 is 0 Å². The highest BCUT2D eigenvalue weighted by molar-refractivity contribution is 6.07. The first-order chi connectivity index (χ1) is 37.9. The highest BCUT2D eigenvalue weighted by atomic mass is 16.6. The third kappa shape index (κ3) is 32.5. The summed E-state index contributed by atoms with van der Waals surface area (Å²) >= 11 is 0. The smallest absolute Gasteiger partial charge is 0.437 e. The molecule has 7 amide bonds. The van der Waals surface area contributed by atoms with Crippen molar-refractivity contribution in [3.63, 3.8) is 0 Å². The Hall–Kier alpha value is -6.88. The maximum Gasteiger partial charge on any atom is 0.437 e. The fourth-order valence-electron chi connectivity index (χ4n) is 7.20. The molecule has 0 aliphatic carbocycles. The number of hydrogen-bond donors (Lipinski definition) is 3. The van der Waals surface area contributed by atoms with Gasteiger partial charge in [0, 0.05) is 25.2 Å². The number of aliphatic imine (C=N–C) groups is 3. The van der Waals surface area contributed by atoms with Crippen LogP contribution in [0.15, 0.2) is 39.2 Å². The number of nitrogens with zero attached hydrogens (tertiary/aromatic N) is 6. The molecule has 1 aliphatic heterocycles. The molecule has 0 spiro atoms. The molecule has 1 aromatic carbocycles. The minimum Gasteiger partial charge on any atom is -0.494 e. The van der Waals surface area contributed by atoms with E-state index in [0.29, 0.717) is 49.3 Å². The summed E-state index contributed by atoms with van der Waals surface area (Å²) in [4.78, 5) is 110. The van der Waals surface area contributed by atoms with Gasteiger partial charge in [0.05, 0.1) is 25.7 Å². The summed E-state index contributed by atoms with van der Waals surface area (Å²) in [7, 11) is 0. The first-order valence-corrected chi connectivity index (χ1v) is 28.5. The summed E-state index contributed by atoms with van der Waals surface area (Å²) in [5.74, 6) is 0.433. The Morgan fingerprint density at radius 1 is 0.530 bits per heavy atom. The minimum atomic E-state index is -1.04. The highest BCUT2D eigenvalue weighted by Crippen LogP contribution is 2.23. The highest BCUT2D eigenvalue weighted by Gasteiger charge is 2.37. The Bertz CT molecular complexity index is 2380. The Morgan fingerprint density at radius 2 is 0.952 bits per heavy atom. The number of unbranched alkanes of at least 4 members (excludes halogenated alkanes) is 6. The van der Waals surface area contributed by atoms with Crippen LogP contribution < -0.4 is 20.7 Å². The largest absolute Gasteiger partial charge is 0.494 e. The van der Waals surface area contributed by atoms with E-state index in [-0.39, 0.29) is 51.2 Å². The maximum atomic E-state index is 14.3. The van der Waals surface area contributed by atoms with Crippen LogP contribution in [0.25, 0.3) is 0 Å². The summed E-state index contributed by atoms with van der Waals surface area (Å²) in [6.45, 7) is 36.7. The first kappa shape index (κ1) is 72.2. The molecule has 24 nitrogen and oxygen atoms in total. The second-order valence-corrected chi connectivity index (χ2v) is 26.9. The monoisotopic (exact) mass is 1170 g/mol. The lowest BCUT2D eigenvalue weighted by Crippen LogP contribution is -2.54. The van der Waals surface area contributed by atoms with Crippen molar-refractivity contribution in [2.75, 3.05) is 39.3 Å². The van der Waals surface area contributed by atoms with Gasteiger partial charge in [-0.2, -0.15) is 0 Å². The third-order valence-electron chi connectivity index (χ3n) is 10.2. The number of amides is 7. The number of nitrogens with one attached hydrogen (secondary N) is 3. The third-order valence-corrected chi connectivity index (χ3v) is 10.2. The van der Waals surface area contributed by atoms with Gasteiger partial charge in [-0.3, -0.25) is 25.5 Å². The number of amidine groups is 1. The number of alkyl carbamates (subject to hydrolysis) is 3. The van der Waals surface area contributed by atoms with E-state index in [1.165, 1.54) is 9.80 Å². The van der Waals surface area contributed by atoms with Crippen LogP contribution >= 0.6 is 0 Å². The molecular formula is C59H99N9O15. The van der Waals surface area contributed by atoms with E-state index in [1.54, 1.807) is 170 Å². The molecule has 0 bridgehead atoms. The number of carbonyl (C=O) groups excluding carboxylic acids is 7. The Morgan fingerprint density at radius 3 is 1.41 bits per heavy atom. The molecule has 0 saturated carbocycles. The van der Waals surface area contributed by atoms with Crippen molar-refractivity contribution in [2.24, 2.45) is 15.0 Å². The molecule has 0 radical (unpaired) electrons. The van der Waals surface area contributed by atoms with Crippen molar-refractivity contribution in [3.05, 3.63) is 29.8 Å². The summed E-state index contributed by atoms with van der Waals surface area (Å²) in [5.41, 5.74) is -5.41. The van der Waals surface area contributed by atoms with Gasteiger partial charge in [0.15, 0.2) is 0 Å². The van der Waals surface area contributed by atoms with Crippen molar-refractivity contribution < 1.29 is 71.5 Å². The maximum absolute atomic E-state index is 14.3. The number of guanidine groups is 2. The summed E-state index contributed by atoms with van der Waals surface area (Å²) < 4.78 is 45.3. The standard InChI is InChI=1S/C59H99N9O15/c1-53(2,3)77-46(69)62-41-38-61-43(68(39-41)52(75)83-59(19,20)21)40-30-32-42(33-31-40)76-37-29-28-36-67(51(74)82-58(16,17)18)45(65-49(72)80-56(10,11)12)66(50(73)81-57(13,14)15)35-27-25-23-22-24-26-34-60-44(63-47(70)78-54(4,5)6)64-48(71)79-55(7,8)9/h30-33,41H,22-29,34-39H2,1-21H3,(H,62,69)(H2,60,63,64,70,71). The van der Waals surface area contributed by atoms with Crippen LogP contribution in [0.5, 0.6) is 5.75 Å². The molecule has 2 rings (SSSR count). The van der Waals surface area contributed by atoms with E-state index in [1.807, 2.05) is 0 Å². The SMILES string of the molecule is CC(C)(C)OC(=O)N=C(N(CCCCCCCCN=C(NC(=O)OC(C)(C)C)NC(=O)OC(C)(C)C)C(=O)OC(C)(C)C)N(CCCCOc1ccc(C2=NCC(NC(=O)OC(C)(C)C)CN2C(=O)OC(C)(C)C)cc1)C(=O)OC(C)(C)C. The van der Waals surface area contributed by atoms with E-state index in [2.05, 4.69) is 30.9 Å². The molecule has 3 N–H and O–H groups in total. The van der Waals surface area contributed by atoms with Gasteiger partial charge in [-0.05, 0) is 195 Å².